The summed E-state index contributed by atoms with van der Waals surface area (Å²) in [5, 5.41) is 5.78. The number of carbonyl (C=O) groups is 1. The van der Waals surface area contributed by atoms with Gasteiger partial charge in [0, 0.05) is 36.3 Å². The van der Waals surface area contributed by atoms with Crippen molar-refractivity contribution in [3.05, 3.63) is 65.9 Å². The van der Waals surface area contributed by atoms with Crippen LogP contribution in [-0.2, 0) is 6.54 Å². The molecule has 0 atom stereocenters. The maximum absolute atomic E-state index is 11.3. The van der Waals surface area contributed by atoms with Crippen LogP contribution in [0.5, 0.6) is 11.6 Å². The lowest BCUT2D eigenvalue weighted by atomic mass is 10.00. The molecule has 6 nitrogen and oxygen atoms in total. The zero-order valence-electron chi connectivity index (χ0n) is 17.6. The SMILES string of the molecule is NC(=O)c1ccc(Oc2ccc(CN(C3CCNCC3)C3CC3)c3ccccc23)nc1. The Morgan fingerprint density at radius 2 is 1.74 bits per heavy atom. The van der Waals surface area contributed by atoms with E-state index < -0.39 is 5.91 Å². The van der Waals surface area contributed by atoms with Gasteiger partial charge in [0.15, 0.2) is 0 Å². The number of rotatable bonds is 7. The molecular formula is C25H28N4O2. The van der Waals surface area contributed by atoms with Crippen LogP contribution in [0, 0.1) is 0 Å². The molecule has 0 bridgehead atoms. The molecule has 1 aromatic heterocycles. The van der Waals surface area contributed by atoms with Gasteiger partial charge in [0.2, 0.25) is 11.8 Å². The Kier molecular flexibility index (Phi) is 5.57. The molecular weight excluding hydrogens is 388 g/mol. The predicted molar refractivity (Wildman–Crippen MR) is 121 cm³/mol. The quantitative estimate of drug-likeness (QED) is 0.612. The van der Waals surface area contributed by atoms with Crippen molar-refractivity contribution in [1.29, 1.82) is 0 Å². The maximum atomic E-state index is 11.3. The van der Waals surface area contributed by atoms with E-state index in [1.54, 1.807) is 12.1 Å². The molecule has 3 N–H and O–H groups in total. The van der Waals surface area contributed by atoms with Crippen LogP contribution in [-0.4, -0.2) is 41.0 Å². The second-order valence-corrected chi connectivity index (χ2v) is 8.50. The van der Waals surface area contributed by atoms with Gasteiger partial charge in [-0.15, -0.1) is 0 Å². The highest BCUT2D eigenvalue weighted by Gasteiger charge is 2.34. The van der Waals surface area contributed by atoms with Crippen molar-refractivity contribution < 1.29 is 9.53 Å². The number of hydrogen-bond acceptors (Lipinski definition) is 5. The summed E-state index contributed by atoms with van der Waals surface area (Å²) in [5.74, 6) is 0.707. The van der Waals surface area contributed by atoms with Gasteiger partial charge in [-0.3, -0.25) is 9.69 Å². The van der Waals surface area contributed by atoms with Gasteiger partial charge >= 0.3 is 0 Å². The summed E-state index contributed by atoms with van der Waals surface area (Å²) in [4.78, 5) is 18.2. The number of benzene rings is 2. The van der Waals surface area contributed by atoms with Gasteiger partial charge in [-0.2, -0.15) is 0 Å². The van der Waals surface area contributed by atoms with Gasteiger partial charge in [-0.1, -0.05) is 30.3 Å². The predicted octanol–water partition coefficient (Wildman–Crippen LogP) is 3.84. The molecule has 3 aromatic rings. The van der Waals surface area contributed by atoms with E-state index in [0.717, 1.165) is 36.8 Å². The van der Waals surface area contributed by atoms with Crippen LogP contribution >= 0.6 is 0 Å². The first kappa shape index (κ1) is 20.0. The van der Waals surface area contributed by atoms with Crippen molar-refractivity contribution in [1.82, 2.24) is 15.2 Å². The number of nitrogens with zero attached hydrogens (tertiary/aromatic N) is 2. The number of nitrogens with two attached hydrogens (primary N) is 1. The van der Waals surface area contributed by atoms with Gasteiger partial charge < -0.3 is 15.8 Å². The molecule has 1 amide bonds. The van der Waals surface area contributed by atoms with E-state index in [4.69, 9.17) is 10.5 Å². The van der Waals surface area contributed by atoms with E-state index in [0.29, 0.717) is 17.5 Å². The van der Waals surface area contributed by atoms with Gasteiger partial charge in [0.25, 0.3) is 0 Å². The van der Waals surface area contributed by atoms with Crippen molar-refractivity contribution in [3.63, 3.8) is 0 Å². The average molecular weight is 417 g/mol. The lowest BCUT2D eigenvalue weighted by molar-refractivity contribution is 0.1000. The molecule has 5 rings (SSSR count). The highest BCUT2D eigenvalue weighted by Crippen LogP contribution is 2.36. The maximum Gasteiger partial charge on any atom is 0.250 e. The van der Waals surface area contributed by atoms with E-state index in [1.165, 1.54) is 42.8 Å². The molecule has 0 unspecified atom stereocenters. The molecule has 31 heavy (non-hydrogen) atoms. The van der Waals surface area contributed by atoms with Crippen molar-refractivity contribution in [2.75, 3.05) is 13.1 Å². The van der Waals surface area contributed by atoms with Crippen LogP contribution in [0.4, 0.5) is 0 Å². The highest BCUT2D eigenvalue weighted by atomic mass is 16.5. The standard InChI is InChI=1S/C25H28N4O2/c26-25(30)17-6-10-24(28-15-17)31-23-9-5-18(21-3-1-2-4-22(21)23)16-29(19-7-8-19)20-11-13-27-14-12-20/h1-6,9-10,15,19-20,27H,7-8,11-14,16H2,(H2,26,30). The largest absolute Gasteiger partial charge is 0.438 e. The molecule has 1 aliphatic carbocycles. The molecule has 1 saturated carbocycles. The molecule has 1 aliphatic heterocycles. The smallest absolute Gasteiger partial charge is 0.250 e. The molecule has 0 radical (unpaired) electrons. The minimum atomic E-state index is -0.497. The Bertz CT molecular complexity index is 1070. The number of ether oxygens (including phenoxy) is 1. The molecule has 0 spiro atoms. The lowest BCUT2D eigenvalue weighted by Crippen LogP contribution is -2.43. The number of amides is 1. The number of nitrogens with one attached hydrogen (secondary N) is 1. The normalized spacial score (nSPS) is 17.2. The third kappa shape index (κ3) is 4.40. The molecule has 2 fully saturated rings. The van der Waals surface area contributed by atoms with Gasteiger partial charge in [0.1, 0.15) is 5.75 Å². The summed E-state index contributed by atoms with van der Waals surface area (Å²) in [7, 11) is 0. The molecule has 2 heterocycles. The van der Waals surface area contributed by atoms with E-state index in [-0.39, 0.29) is 0 Å². The molecule has 2 aliphatic rings. The molecule has 6 heteroatoms. The summed E-state index contributed by atoms with van der Waals surface area (Å²) < 4.78 is 6.08. The second-order valence-electron chi connectivity index (χ2n) is 8.50. The van der Waals surface area contributed by atoms with E-state index in [2.05, 4.69) is 39.5 Å². The van der Waals surface area contributed by atoms with Crippen molar-refractivity contribution in [2.24, 2.45) is 5.73 Å². The van der Waals surface area contributed by atoms with Gasteiger partial charge in [-0.25, -0.2) is 4.98 Å². The minimum Gasteiger partial charge on any atom is -0.438 e. The van der Waals surface area contributed by atoms with Crippen molar-refractivity contribution >= 4 is 16.7 Å². The number of hydrogen-bond donors (Lipinski definition) is 2. The lowest BCUT2D eigenvalue weighted by Gasteiger charge is -2.35. The van der Waals surface area contributed by atoms with Gasteiger partial charge in [0.05, 0.1) is 5.56 Å². The first-order valence-electron chi connectivity index (χ1n) is 11.1. The van der Waals surface area contributed by atoms with Crippen LogP contribution in [0.15, 0.2) is 54.7 Å². The van der Waals surface area contributed by atoms with E-state index in [1.807, 2.05) is 12.1 Å². The summed E-state index contributed by atoms with van der Waals surface area (Å²) in [6.07, 6.45) is 6.53. The van der Waals surface area contributed by atoms with E-state index in [9.17, 15) is 4.79 Å². The number of piperidine rings is 1. The summed E-state index contributed by atoms with van der Waals surface area (Å²) >= 11 is 0. The third-order valence-corrected chi connectivity index (χ3v) is 6.36. The molecule has 160 valence electrons. The third-order valence-electron chi connectivity index (χ3n) is 6.36. The van der Waals surface area contributed by atoms with Crippen molar-refractivity contribution in [3.8, 4) is 11.6 Å². The van der Waals surface area contributed by atoms with Crippen LogP contribution in [0.25, 0.3) is 10.8 Å². The van der Waals surface area contributed by atoms with Crippen LogP contribution in [0.1, 0.15) is 41.6 Å². The fourth-order valence-corrected chi connectivity index (χ4v) is 4.56. The minimum absolute atomic E-state index is 0.366. The molecule has 2 aromatic carbocycles. The number of carbonyl (C=O) groups excluding carboxylic acids is 1. The van der Waals surface area contributed by atoms with Crippen molar-refractivity contribution in [2.45, 2.75) is 44.3 Å². The first-order valence-corrected chi connectivity index (χ1v) is 11.1. The highest BCUT2D eigenvalue weighted by molar-refractivity contribution is 5.92. The summed E-state index contributed by atoms with van der Waals surface area (Å²) in [6, 6.07) is 17.3. The Balaban J connectivity index is 1.42. The topological polar surface area (TPSA) is 80.5 Å². The first-order chi connectivity index (χ1) is 15.2. The summed E-state index contributed by atoms with van der Waals surface area (Å²) in [5.41, 5.74) is 7.00. The van der Waals surface area contributed by atoms with Crippen LogP contribution < -0.4 is 15.8 Å². The number of aromatic nitrogens is 1. The Hall–Kier alpha value is -2.96. The Morgan fingerprint density at radius 3 is 2.42 bits per heavy atom. The number of fused-ring (bicyclic) bond motifs is 1. The molecule has 1 saturated heterocycles. The average Bonchev–Trinajstić information content (AvgIpc) is 3.65. The fourth-order valence-electron chi connectivity index (χ4n) is 4.56. The van der Waals surface area contributed by atoms with E-state index >= 15 is 0 Å². The van der Waals surface area contributed by atoms with Crippen LogP contribution in [0.3, 0.4) is 0 Å². The zero-order valence-corrected chi connectivity index (χ0v) is 17.6. The van der Waals surface area contributed by atoms with Gasteiger partial charge in [-0.05, 0) is 61.9 Å². The second kappa shape index (κ2) is 8.65. The fraction of sp³-hybridized carbons (Fsp3) is 0.360. The number of primary amides is 1. The monoisotopic (exact) mass is 416 g/mol. The zero-order chi connectivity index (χ0) is 21.2. The van der Waals surface area contributed by atoms with Crippen LogP contribution in [0.2, 0.25) is 0 Å². The Morgan fingerprint density at radius 1 is 1.00 bits per heavy atom. The number of pyridine rings is 1. The summed E-state index contributed by atoms with van der Waals surface area (Å²) in [6.45, 7) is 3.20. The Labute approximate surface area is 182 Å².